The lowest BCUT2D eigenvalue weighted by atomic mass is 10.1. The van der Waals surface area contributed by atoms with Crippen LogP contribution in [0.3, 0.4) is 0 Å². The van der Waals surface area contributed by atoms with E-state index in [1.54, 1.807) is 12.4 Å². The third kappa shape index (κ3) is 1.67. The van der Waals surface area contributed by atoms with Gasteiger partial charge in [0.25, 0.3) is 0 Å². The van der Waals surface area contributed by atoms with E-state index >= 15 is 0 Å². The van der Waals surface area contributed by atoms with Crippen LogP contribution < -0.4 is 5.32 Å². The fraction of sp³-hybridized carbons (Fsp3) is 0.667. The van der Waals surface area contributed by atoms with Gasteiger partial charge in [-0.15, -0.1) is 0 Å². The van der Waals surface area contributed by atoms with Gasteiger partial charge in [0, 0.05) is 31.0 Å². The summed E-state index contributed by atoms with van der Waals surface area (Å²) in [6.07, 6.45) is 7.42. The molecule has 2 aliphatic heterocycles. The summed E-state index contributed by atoms with van der Waals surface area (Å²) >= 11 is 0. The second-order valence-corrected chi connectivity index (χ2v) is 4.78. The van der Waals surface area contributed by atoms with Crippen molar-refractivity contribution in [3.05, 3.63) is 18.1 Å². The average Bonchev–Trinajstić information content (AvgIpc) is 2.86. The molecule has 3 rings (SSSR count). The van der Waals surface area contributed by atoms with Crippen LogP contribution >= 0.6 is 0 Å². The topological polar surface area (TPSA) is 41.1 Å². The van der Waals surface area contributed by atoms with Crippen LogP contribution in [0.15, 0.2) is 12.4 Å². The molecule has 86 valence electrons. The van der Waals surface area contributed by atoms with Crippen LogP contribution in [0.2, 0.25) is 0 Å². The summed E-state index contributed by atoms with van der Waals surface area (Å²) in [6.45, 7) is 4.53. The van der Waals surface area contributed by atoms with Crippen molar-refractivity contribution in [1.29, 1.82) is 0 Å². The first kappa shape index (κ1) is 10.0. The minimum absolute atomic E-state index is 0.568. The van der Waals surface area contributed by atoms with Gasteiger partial charge in [-0.25, -0.2) is 4.98 Å². The van der Waals surface area contributed by atoms with Gasteiger partial charge in [-0.2, -0.15) is 0 Å². The maximum Gasteiger partial charge on any atom is 0.147 e. The van der Waals surface area contributed by atoms with Gasteiger partial charge in [-0.3, -0.25) is 9.88 Å². The van der Waals surface area contributed by atoms with Gasteiger partial charge in [-0.05, 0) is 32.7 Å². The minimum atomic E-state index is 0.568. The average molecular weight is 218 g/mol. The molecule has 4 nitrogen and oxygen atoms in total. The Labute approximate surface area is 96.1 Å². The molecule has 2 fully saturated rings. The Hall–Kier alpha value is -1.16. The van der Waals surface area contributed by atoms with Gasteiger partial charge < -0.3 is 5.32 Å². The van der Waals surface area contributed by atoms with Gasteiger partial charge in [0.1, 0.15) is 5.82 Å². The fourth-order valence-electron chi connectivity index (χ4n) is 2.98. The Bertz CT molecular complexity index is 379. The number of rotatable bonds is 2. The molecule has 2 unspecified atom stereocenters. The quantitative estimate of drug-likeness (QED) is 0.815. The largest absolute Gasteiger partial charge is 0.364 e. The number of aryl methyl sites for hydroxylation is 1. The standard InChI is InChI=1S/C12H18N4/c1-9-12(14-6-5-13-9)15-10-4-8-16-7-2-3-11(10)16/h5-6,10-11H,2-4,7-8H2,1H3,(H,14,15). The molecule has 1 N–H and O–H groups in total. The molecule has 0 aromatic carbocycles. The minimum Gasteiger partial charge on any atom is -0.364 e. The second kappa shape index (κ2) is 4.01. The van der Waals surface area contributed by atoms with E-state index in [0.29, 0.717) is 6.04 Å². The molecule has 1 aromatic heterocycles. The van der Waals surface area contributed by atoms with Crippen LogP contribution in [0.5, 0.6) is 0 Å². The van der Waals surface area contributed by atoms with Crippen molar-refractivity contribution in [2.45, 2.75) is 38.3 Å². The SMILES string of the molecule is Cc1nccnc1NC1CCN2CCCC12. The number of hydrogen-bond acceptors (Lipinski definition) is 4. The van der Waals surface area contributed by atoms with E-state index in [1.165, 1.54) is 32.4 Å². The van der Waals surface area contributed by atoms with E-state index in [0.717, 1.165) is 17.6 Å². The predicted octanol–water partition coefficient (Wildman–Crippen LogP) is 1.43. The van der Waals surface area contributed by atoms with Gasteiger partial charge >= 0.3 is 0 Å². The number of nitrogens with zero attached hydrogens (tertiary/aromatic N) is 3. The molecule has 4 heteroatoms. The normalized spacial score (nSPS) is 29.3. The summed E-state index contributed by atoms with van der Waals surface area (Å²) in [5.41, 5.74) is 0.999. The highest BCUT2D eigenvalue weighted by Gasteiger charge is 2.37. The summed E-state index contributed by atoms with van der Waals surface area (Å²) in [5.74, 6) is 0.959. The maximum atomic E-state index is 4.36. The summed E-state index contributed by atoms with van der Waals surface area (Å²) in [7, 11) is 0. The zero-order valence-electron chi connectivity index (χ0n) is 9.69. The highest BCUT2D eigenvalue weighted by Crippen LogP contribution is 2.29. The number of aromatic nitrogens is 2. The van der Waals surface area contributed by atoms with Crippen LogP contribution in [0.25, 0.3) is 0 Å². The smallest absolute Gasteiger partial charge is 0.147 e. The third-order valence-electron chi connectivity index (χ3n) is 3.81. The Kier molecular flexibility index (Phi) is 2.52. The molecule has 0 aliphatic carbocycles. The van der Waals surface area contributed by atoms with E-state index in [2.05, 4.69) is 20.2 Å². The lowest BCUT2D eigenvalue weighted by molar-refractivity contribution is 0.318. The zero-order chi connectivity index (χ0) is 11.0. The van der Waals surface area contributed by atoms with Crippen molar-refractivity contribution in [3.8, 4) is 0 Å². The summed E-state index contributed by atoms with van der Waals surface area (Å²) in [5, 5.41) is 3.57. The van der Waals surface area contributed by atoms with Crippen molar-refractivity contribution in [3.63, 3.8) is 0 Å². The van der Waals surface area contributed by atoms with Gasteiger partial charge in [0.2, 0.25) is 0 Å². The van der Waals surface area contributed by atoms with Crippen molar-refractivity contribution in [1.82, 2.24) is 14.9 Å². The van der Waals surface area contributed by atoms with Crippen molar-refractivity contribution < 1.29 is 0 Å². The highest BCUT2D eigenvalue weighted by atomic mass is 15.2. The highest BCUT2D eigenvalue weighted by molar-refractivity contribution is 5.40. The lowest BCUT2D eigenvalue weighted by Crippen LogP contribution is -2.34. The molecule has 0 amide bonds. The van der Waals surface area contributed by atoms with Crippen LogP contribution in [-0.4, -0.2) is 40.0 Å². The number of hydrogen-bond donors (Lipinski definition) is 1. The van der Waals surface area contributed by atoms with Crippen molar-refractivity contribution in [2.75, 3.05) is 18.4 Å². The first-order valence-electron chi connectivity index (χ1n) is 6.13. The van der Waals surface area contributed by atoms with E-state index in [9.17, 15) is 0 Å². The number of fused-ring (bicyclic) bond motifs is 1. The molecule has 0 spiro atoms. The summed E-state index contributed by atoms with van der Waals surface area (Å²) in [6, 6.07) is 1.29. The fourth-order valence-corrected chi connectivity index (χ4v) is 2.98. The Morgan fingerprint density at radius 3 is 3.00 bits per heavy atom. The van der Waals surface area contributed by atoms with Crippen molar-refractivity contribution >= 4 is 5.82 Å². The second-order valence-electron chi connectivity index (χ2n) is 4.78. The molecule has 3 heterocycles. The van der Waals surface area contributed by atoms with Gasteiger partial charge in [0.15, 0.2) is 0 Å². The van der Waals surface area contributed by atoms with Crippen molar-refractivity contribution in [2.24, 2.45) is 0 Å². The Morgan fingerprint density at radius 1 is 1.25 bits per heavy atom. The predicted molar refractivity (Wildman–Crippen MR) is 63.4 cm³/mol. The first-order chi connectivity index (χ1) is 7.84. The molecule has 1 aromatic rings. The van der Waals surface area contributed by atoms with Gasteiger partial charge in [0.05, 0.1) is 5.69 Å². The molecular weight excluding hydrogens is 200 g/mol. The van der Waals surface area contributed by atoms with E-state index in [4.69, 9.17) is 0 Å². The Morgan fingerprint density at radius 2 is 2.12 bits per heavy atom. The zero-order valence-corrected chi connectivity index (χ0v) is 9.69. The van der Waals surface area contributed by atoms with Crippen LogP contribution in [0.1, 0.15) is 25.0 Å². The molecule has 16 heavy (non-hydrogen) atoms. The molecule has 0 saturated carbocycles. The molecule has 0 bridgehead atoms. The van der Waals surface area contributed by atoms with Crippen LogP contribution in [0.4, 0.5) is 5.82 Å². The third-order valence-corrected chi connectivity index (χ3v) is 3.81. The molecule has 0 radical (unpaired) electrons. The Balaban J connectivity index is 1.73. The molecule has 2 atom stereocenters. The van der Waals surface area contributed by atoms with Crippen LogP contribution in [0, 0.1) is 6.92 Å². The number of anilines is 1. The molecular formula is C12H18N4. The number of nitrogens with one attached hydrogen (secondary N) is 1. The first-order valence-corrected chi connectivity index (χ1v) is 6.13. The molecule has 2 saturated heterocycles. The lowest BCUT2D eigenvalue weighted by Gasteiger charge is -2.22. The molecule has 2 aliphatic rings. The van der Waals surface area contributed by atoms with E-state index < -0.39 is 0 Å². The monoisotopic (exact) mass is 218 g/mol. The van der Waals surface area contributed by atoms with Crippen LogP contribution in [-0.2, 0) is 0 Å². The summed E-state index contributed by atoms with van der Waals surface area (Å²) < 4.78 is 0. The summed E-state index contributed by atoms with van der Waals surface area (Å²) in [4.78, 5) is 11.2. The van der Waals surface area contributed by atoms with Gasteiger partial charge in [-0.1, -0.05) is 0 Å². The van der Waals surface area contributed by atoms with E-state index in [1.807, 2.05) is 6.92 Å². The van der Waals surface area contributed by atoms with E-state index in [-0.39, 0.29) is 0 Å². The maximum absolute atomic E-state index is 4.36.